The molecule has 0 aromatic rings. The highest BCUT2D eigenvalue weighted by molar-refractivity contribution is 8.01. The molecule has 0 nitrogen and oxygen atoms in total. The Morgan fingerprint density at radius 1 is 1.17 bits per heavy atom. The number of alkyl halides is 6. The molecule has 72 valence electrons. The van der Waals surface area contributed by atoms with Crippen LogP contribution in [0.5, 0.6) is 0 Å². The molecule has 12 heavy (non-hydrogen) atoms. The second-order valence-electron chi connectivity index (χ2n) is 2.45. The van der Waals surface area contributed by atoms with E-state index in [1.165, 1.54) is 0 Å². The van der Waals surface area contributed by atoms with Crippen molar-refractivity contribution in [2.45, 2.75) is 23.4 Å². The number of rotatable bonds is 1. The van der Waals surface area contributed by atoms with Gasteiger partial charge in [0.1, 0.15) is 5.92 Å². The van der Waals surface area contributed by atoms with E-state index in [2.05, 4.69) is 0 Å². The Kier molecular flexibility index (Phi) is 2.26. The highest BCUT2D eigenvalue weighted by Crippen LogP contribution is 2.58. The first-order chi connectivity index (χ1) is 5.25. The van der Waals surface area contributed by atoms with Crippen molar-refractivity contribution in [3.63, 3.8) is 0 Å². The number of halogens is 6. The van der Waals surface area contributed by atoms with Crippen LogP contribution in [0, 0.1) is 5.92 Å². The molecule has 1 rings (SSSR count). The Morgan fingerprint density at radius 3 is 1.83 bits per heavy atom. The van der Waals surface area contributed by atoms with Gasteiger partial charge in [0.15, 0.2) is 0 Å². The fourth-order valence-corrected chi connectivity index (χ4v) is 1.93. The molecule has 0 aromatic heterocycles. The Hall–Kier alpha value is -0.0700. The SMILES string of the molecule is FC(F)C1CC(F)(F)SC1(F)F. The first kappa shape index (κ1) is 10.0. The lowest BCUT2D eigenvalue weighted by molar-refractivity contribution is -0.0582. The van der Waals surface area contributed by atoms with E-state index in [1.54, 1.807) is 0 Å². The predicted octanol–water partition coefficient (Wildman–Crippen LogP) is 3.19. The largest absolute Gasteiger partial charge is 0.307 e. The van der Waals surface area contributed by atoms with Crippen LogP contribution in [0.2, 0.25) is 0 Å². The molecule has 1 heterocycles. The molecular weight excluding hydrogens is 206 g/mol. The van der Waals surface area contributed by atoms with Crippen LogP contribution in [-0.4, -0.2) is 16.9 Å². The van der Waals surface area contributed by atoms with Gasteiger partial charge in [0, 0.05) is 6.42 Å². The van der Waals surface area contributed by atoms with Crippen LogP contribution in [0.15, 0.2) is 0 Å². The molecule has 0 N–H and O–H groups in total. The second-order valence-corrected chi connectivity index (χ2v) is 3.79. The van der Waals surface area contributed by atoms with Gasteiger partial charge in [-0.2, -0.15) is 17.6 Å². The topological polar surface area (TPSA) is 0 Å². The fourth-order valence-electron chi connectivity index (χ4n) is 0.927. The third-order valence-electron chi connectivity index (χ3n) is 1.48. The van der Waals surface area contributed by atoms with Crippen LogP contribution in [0.1, 0.15) is 6.42 Å². The fraction of sp³-hybridized carbons (Fsp3) is 1.00. The average molecular weight is 210 g/mol. The first-order valence-electron chi connectivity index (χ1n) is 2.98. The highest BCUT2D eigenvalue weighted by Gasteiger charge is 2.62. The van der Waals surface area contributed by atoms with Crippen molar-refractivity contribution in [2.24, 2.45) is 5.92 Å². The maximum absolute atomic E-state index is 12.4. The highest BCUT2D eigenvalue weighted by atomic mass is 32.2. The lowest BCUT2D eigenvalue weighted by Gasteiger charge is -2.14. The van der Waals surface area contributed by atoms with E-state index >= 15 is 0 Å². The first-order valence-corrected chi connectivity index (χ1v) is 3.80. The smallest absolute Gasteiger partial charge is 0.210 e. The van der Waals surface area contributed by atoms with Crippen molar-refractivity contribution >= 4 is 11.8 Å². The normalized spacial score (nSPS) is 32.8. The lowest BCUT2D eigenvalue weighted by Crippen LogP contribution is -2.25. The summed E-state index contributed by atoms with van der Waals surface area (Å²) in [6, 6.07) is 0. The molecule has 1 unspecified atom stereocenters. The van der Waals surface area contributed by atoms with Crippen molar-refractivity contribution in [3.05, 3.63) is 0 Å². The summed E-state index contributed by atoms with van der Waals surface area (Å²) in [4.78, 5) is 0. The summed E-state index contributed by atoms with van der Waals surface area (Å²) in [7, 11) is 0. The molecule has 0 aromatic carbocycles. The molecule has 7 heteroatoms. The standard InChI is InChI=1S/C5H4F6S/c6-3(7)2-1-4(8,9)12-5(2,10)11/h2-3H,1H2. The summed E-state index contributed by atoms with van der Waals surface area (Å²) in [6.07, 6.45) is -4.86. The van der Waals surface area contributed by atoms with Gasteiger partial charge in [-0.25, -0.2) is 8.78 Å². The molecule has 0 bridgehead atoms. The summed E-state index contributed by atoms with van der Waals surface area (Å²) in [5.41, 5.74) is 0. The summed E-state index contributed by atoms with van der Waals surface area (Å²) < 4.78 is 72.6. The van der Waals surface area contributed by atoms with Crippen molar-refractivity contribution in [3.8, 4) is 0 Å². The molecule has 0 radical (unpaired) electrons. The molecular formula is C5H4F6S. The van der Waals surface area contributed by atoms with E-state index in [9.17, 15) is 26.3 Å². The molecule has 1 saturated heterocycles. The molecule has 0 saturated carbocycles. The van der Waals surface area contributed by atoms with Gasteiger partial charge in [0.2, 0.25) is 6.43 Å². The Morgan fingerprint density at radius 2 is 1.67 bits per heavy atom. The average Bonchev–Trinajstić information content (AvgIpc) is 1.99. The maximum Gasteiger partial charge on any atom is 0.307 e. The Balaban J connectivity index is 2.78. The lowest BCUT2D eigenvalue weighted by atomic mass is 10.1. The third-order valence-corrected chi connectivity index (χ3v) is 2.52. The van der Waals surface area contributed by atoms with E-state index in [4.69, 9.17) is 0 Å². The van der Waals surface area contributed by atoms with E-state index < -0.39 is 41.0 Å². The van der Waals surface area contributed by atoms with Gasteiger partial charge in [-0.3, -0.25) is 0 Å². The van der Waals surface area contributed by atoms with E-state index in [1.807, 2.05) is 0 Å². The Bertz CT molecular complexity index is 179. The van der Waals surface area contributed by atoms with Gasteiger partial charge in [0.25, 0.3) is 5.25 Å². The zero-order chi connectivity index (χ0) is 9.57. The second kappa shape index (κ2) is 2.71. The quantitative estimate of drug-likeness (QED) is 0.599. The predicted molar refractivity (Wildman–Crippen MR) is 31.6 cm³/mol. The van der Waals surface area contributed by atoms with Crippen LogP contribution >= 0.6 is 11.8 Å². The van der Waals surface area contributed by atoms with Gasteiger partial charge < -0.3 is 0 Å². The minimum Gasteiger partial charge on any atom is -0.210 e. The van der Waals surface area contributed by atoms with Crippen LogP contribution in [0.4, 0.5) is 26.3 Å². The van der Waals surface area contributed by atoms with Crippen LogP contribution in [0.25, 0.3) is 0 Å². The van der Waals surface area contributed by atoms with Crippen LogP contribution in [0.3, 0.4) is 0 Å². The summed E-state index contributed by atoms with van der Waals surface area (Å²) in [6.45, 7) is 0. The summed E-state index contributed by atoms with van der Waals surface area (Å²) >= 11 is -0.985. The number of hydrogen-bond donors (Lipinski definition) is 0. The minimum absolute atomic E-state index is 0.985. The zero-order valence-electron chi connectivity index (χ0n) is 5.54. The van der Waals surface area contributed by atoms with Gasteiger partial charge in [0.05, 0.1) is 0 Å². The van der Waals surface area contributed by atoms with Crippen molar-refractivity contribution in [1.29, 1.82) is 0 Å². The molecule has 0 amide bonds. The Labute approximate surface area is 68.3 Å². The van der Waals surface area contributed by atoms with Gasteiger partial charge in [-0.15, -0.1) is 0 Å². The van der Waals surface area contributed by atoms with Gasteiger partial charge >= 0.3 is 5.25 Å². The molecule has 1 aliphatic rings. The zero-order valence-corrected chi connectivity index (χ0v) is 6.35. The molecule has 1 atom stereocenters. The van der Waals surface area contributed by atoms with Crippen molar-refractivity contribution in [1.82, 2.24) is 0 Å². The van der Waals surface area contributed by atoms with E-state index in [-0.39, 0.29) is 0 Å². The number of thioether (sulfide) groups is 1. The van der Waals surface area contributed by atoms with E-state index in [0.29, 0.717) is 0 Å². The molecule has 0 spiro atoms. The molecule has 1 fully saturated rings. The van der Waals surface area contributed by atoms with Crippen LogP contribution < -0.4 is 0 Å². The van der Waals surface area contributed by atoms with Gasteiger partial charge in [-0.1, -0.05) is 0 Å². The molecule has 1 aliphatic heterocycles. The summed E-state index contributed by atoms with van der Waals surface area (Å²) in [5, 5.41) is -7.75. The van der Waals surface area contributed by atoms with Crippen molar-refractivity contribution in [2.75, 3.05) is 0 Å². The molecule has 0 aliphatic carbocycles. The van der Waals surface area contributed by atoms with E-state index in [0.717, 1.165) is 0 Å². The third kappa shape index (κ3) is 1.81. The van der Waals surface area contributed by atoms with Crippen LogP contribution in [-0.2, 0) is 0 Å². The van der Waals surface area contributed by atoms with Gasteiger partial charge in [-0.05, 0) is 11.8 Å². The maximum atomic E-state index is 12.4. The monoisotopic (exact) mass is 210 g/mol. The summed E-state index contributed by atoms with van der Waals surface area (Å²) in [5.74, 6) is -2.53. The van der Waals surface area contributed by atoms with Crippen molar-refractivity contribution < 1.29 is 26.3 Å². The minimum atomic E-state index is -4.02. The number of hydrogen-bond acceptors (Lipinski definition) is 1.